The quantitative estimate of drug-likeness (QED) is 0.853. The second-order valence-electron chi connectivity index (χ2n) is 5.48. The molecule has 1 fully saturated rings. The zero-order chi connectivity index (χ0) is 14.0. The van der Waals surface area contributed by atoms with Crippen LogP contribution in [0.3, 0.4) is 0 Å². The Morgan fingerprint density at radius 2 is 2.11 bits per heavy atom. The predicted octanol–water partition coefficient (Wildman–Crippen LogP) is 1.80. The van der Waals surface area contributed by atoms with Crippen molar-refractivity contribution in [2.45, 2.75) is 26.8 Å². The van der Waals surface area contributed by atoms with Crippen molar-refractivity contribution in [3.8, 4) is 0 Å². The van der Waals surface area contributed by atoms with Crippen LogP contribution < -0.4 is 10.2 Å². The molecule has 2 rings (SSSR count). The van der Waals surface area contributed by atoms with Gasteiger partial charge in [-0.25, -0.2) is 0 Å². The molecule has 104 valence electrons. The van der Waals surface area contributed by atoms with Crippen LogP contribution in [-0.2, 0) is 4.79 Å². The fourth-order valence-electron chi connectivity index (χ4n) is 2.69. The molecule has 2 unspecified atom stereocenters. The maximum absolute atomic E-state index is 11.3. The molecular weight excluding hydrogens is 240 g/mol. The van der Waals surface area contributed by atoms with Gasteiger partial charge in [-0.15, -0.1) is 0 Å². The highest BCUT2D eigenvalue weighted by atomic mass is 16.4. The monoisotopic (exact) mass is 262 g/mol. The minimum atomic E-state index is -0.726. The Balaban J connectivity index is 2.30. The summed E-state index contributed by atoms with van der Waals surface area (Å²) in [5.41, 5.74) is 3.59. The highest BCUT2D eigenvalue weighted by molar-refractivity contribution is 5.72. The summed E-state index contributed by atoms with van der Waals surface area (Å²) in [4.78, 5) is 13.5. The topological polar surface area (TPSA) is 52.6 Å². The van der Waals surface area contributed by atoms with Crippen LogP contribution in [0.4, 0.5) is 5.69 Å². The molecule has 2 atom stereocenters. The molecule has 1 saturated heterocycles. The molecule has 1 heterocycles. The number of anilines is 1. The largest absolute Gasteiger partial charge is 0.481 e. The van der Waals surface area contributed by atoms with Gasteiger partial charge in [0, 0.05) is 31.4 Å². The number of rotatable bonds is 2. The van der Waals surface area contributed by atoms with E-state index in [-0.39, 0.29) is 5.92 Å². The van der Waals surface area contributed by atoms with Crippen LogP contribution in [0, 0.1) is 19.8 Å². The lowest BCUT2D eigenvalue weighted by Crippen LogP contribution is -2.39. The van der Waals surface area contributed by atoms with E-state index in [1.165, 1.54) is 11.1 Å². The lowest BCUT2D eigenvalue weighted by molar-refractivity contribution is -0.141. The summed E-state index contributed by atoms with van der Waals surface area (Å²) in [5, 5.41) is 12.5. The van der Waals surface area contributed by atoms with Crippen molar-refractivity contribution in [3.05, 3.63) is 29.3 Å². The Morgan fingerprint density at radius 3 is 2.74 bits per heavy atom. The third-order valence-corrected chi connectivity index (χ3v) is 3.79. The smallest absolute Gasteiger partial charge is 0.309 e. The van der Waals surface area contributed by atoms with Gasteiger partial charge in [0.1, 0.15) is 0 Å². The first kappa shape index (κ1) is 13.9. The van der Waals surface area contributed by atoms with E-state index in [0.29, 0.717) is 19.1 Å². The van der Waals surface area contributed by atoms with Crippen molar-refractivity contribution in [1.29, 1.82) is 0 Å². The molecule has 0 amide bonds. The van der Waals surface area contributed by atoms with Gasteiger partial charge in [0.25, 0.3) is 0 Å². The molecule has 4 nitrogen and oxygen atoms in total. The molecule has 1 aliphatic heterocycles. The molecule has 0 aliphatic carbocycles. The molecule has 4 heteroatoms. The van der Waals surface area contributed by atoms with Gasteiger partial charge >= 0.3 is 5.97 Å². The zero-order valence-corrected chi connectivity index (χ0v) is 11.8. The van der Waals surface area contributed by atoms with Gasteiger partial charge in [-0.1, -0.05) is 17.7 Å². The number of nitrogens with one attached hydrogen (secondary N) is 1. The first-order valence-corrected chi connectivity index (χ1v) is 6.76. The Bertz CT molecular complexity index is 473. The number of carboxylic acids is 1. The SMILES string of the molecule is Cc1ccc(N2CC(C(=O)O)CNCC2C)c(C)c1. The standard InChI is InChI=1S/C15H22N2O2/c1-10-4-5-14(11(2)6-10)17-9-13(15(18)19)8-16-7-12(17)3/h4-6,12-13,16H,7-9H2,1-3H3,(H,18,19). The number of hydrogen-bond acceptors (Lipinski definition) is 3. The third kappa shape index (κ3) is 3.07. The van der Waals surface area contributed by atoms with Crippen molar-refractivity contribution in [2.24, 2.45) is 5.92 Å². The maximum Gasteiger partial charge on any atom is 0.309 e. The van der Waals surface area contributed by atoms with Crippen LogP contribution >= 0.6 is 0 Å². The minimum absolute atomic E-state index is 0.297. The van der Waals surface area contributed by atoms with Crippen molar-refractivity contribution >= 4 is 11.7 Å². The van der Waals surface area contributed by atoms with Gasteiger partial charge in [0.15, 0.2) is 0 Å². The summed E-state index contributed by atoms with van der Waals surface area (Å²) in [6, 6.07) is 6.63. The van der Waals surface area contributed by atoms with Gasteiger partial charge in [0.05, 0.1) is 5.92 Å². The van der Waals surface area contributed by atoms with Gasteiger partial charge < -0.3 is 15.3 Å². The Labute approximate surface area is 114 Å². The molecule has 1 aromatic rings. The summed E-state index contributed by atoms with van der Waals surface area (Å²) >= 11 is 0. The molecule has 19 heavy (non-hydrogen) atoms. The first-order valence-electron chi connectivity index (χ1n) is 6.76. The van der Waals surface area contributed by atoms with Gasteiger partial charge in [-0.3, -0.25) is 4.79 Å². The van der Waals surface area contributed by atoms with E-state index in [2.05, 4.69) is 49.2 Å². The van der Waals surface area contributed by atoms with E-state index in [1.807, 2.05) is 0 Å². The normalized spacial score (nSPS) is 24.1. The Hall–Kier alpha value is -1.55. The average Bonchev–Trinajstić information content (AvgIpc) is 2.52. The number of carbonyl (C=O) groups is 1. The predicted molar refractivity (Wildman–Crippen MR) is 76.7 cm³/mol. The molecule has 0 spiro atoms. The van der Waals surface area contributed by atoms with Crippen molar-refractivity contribution < 1.29 is 9.90 Å². The van der Waals surface area contributed by atoms with Crippen LogP contribution in [0.25, 0.3) is 0 Å². The van der Waals surface area contributed by atoms with Crippen LogP contribution in [-0.4, -0.2) is 36.8 Å². The fourth-order valence-corrected chi connectivity index (χ4v) is 2.69. The third-order valence-electron chi connectivity index (χ3n) is 3.79. The molecular formula is C15H22N2O2. The summed E-state index contributed by atoms with van der Waals surface area (Å²) in [6.07, 6.45) is 0. The van der Waals surface area contributed by atoms with Crippen LogP contribution in [0.5, 0.6) is 0 Å². The molecule has 0 aromatic heterocycles. The fraction of sp³-hybridized carbons (Fsp3) is 0.533. The second kappa shape index (κ2) is 5.61. The molecule has 2 N–H and O–H groups in total. The van der Waals surface area contributed by atoms with E-state index >= 15 is 0 Å². The van der Waals surface area contributed by atoms with Gasteiger partial charge in [-0.2, -0.15) is 0 Å². The van der Waals surface area contributed by atoms with Crippen molar-refractivity contribution in [2.75, 3.05) is 24.5 Å². The minimum Gasteiger partial charge on any atom is -0.481 e. The second-order valence-corrected chi connectivity index (χ2v) is 5.48. The highest BCUT2D eigenvalue weighted by Crippen LogP contribution is 2.25. The van der Waals surface area contributed by atoms with Crippen LogP contribution in [0.1, 0.15) is 18.1 Å². The number of carboxylic acid groups (broad SMARTS) is 1. The Kier molecular flexibility index (Phi) is 4.10. The van der Waals surface area contributed by atoms with Gasteiger partial charge in [-0.05, 0) is 32.4 Å². The van der Waals surface area contributed by atoms with Crippen molar-refractivity contribution in [1.82, 2.24) is 5.32 Å². The maximum atomic E-state index is 11.3. The Morgan fingerprint density at radius 1 is 1.37 bits per heavy atom. The number of benzene rings is 1. The number of hydrogen-bond donors (Lipinski definition) is 2. The van der Waals surface area contributed by atoms with E-state index in [4.69, 9.17) is 0 Å². The van der Waals surface area contributed by atoms with Crippen LogP contribution in [0.2, 0.25) is 0 Å². The molecule has 1 aromatic carbocycles. The number of nitrogens with zero attached hydrogens (tertiary/aromatic N) is 1. The number of aliphatic carboxylic acids is 1. The molecule has 0 radical (unpaired) electrons. The van der Waals surface area contributed by atoms with Crippen molar-refractivity contribution in [3.63, 3.8) is 0 Å². The number of aryl methyl sites for hydroxylation is 2. The van der Waals surface area contributed by atoms with E-state index in [0.717, 1.165) is 12.2 Å². The highest BCUT2D eigenvalue weighted by Gasteiger charge is 2.28. The molecule has 0 bridgehead atoms. The lowest BCUT2D eigenvalue weighted by Gasteiger charge is -2.31. The summed E-state index contributed by atoms with van der Waals surface area (Å²) < 4.78 is 0. The zero-order valence-electron chi connectivity index (χ0n) is 11.8. The van der Waals surface area contributed by atoms with Crippen LogP contribution in [0.15, 0.2) is 18.2 Å². The summed E-state index contributed by atoms with van der Waals surface area (Å²) in [7, 11) is 0. The van der Waals surface area contributed by atoms with E-state index in [9.17, 15) is 9.90 Å². The molecule has 1 aliphatic rings. The molecule has 0 saturated carbocycles. The summed E-state index contributed by atoms with van der Waals surface area (Å²) in [6.45, 7) is 8.22. The average molecular weight is 262 g/mol. The summed E-state index contributed by atoms with van der Waals surface area (Å²) in [5.74, 6) is -1.08. The van der Waals surface area contributed by atoms with E-state index in [1.54, 1.807) is 0 Å². The lowest BCUT2D eigenvalue weighted by atomic mass is 10.1. The first-order chi connectivity index (χ1) is 8.99. The van der Waals surface area contributed by atoms with E-state index < -0.39 is 5.97 Å². The van der Waals surface area contributed by atoms with Gasteiger partial charge in [0.2, 0.25) is 0 Å².